The number of benzene rings is 2. The van der Waals surface area contributed by atoms with Gasteiger partial charge in [0.2, 0.25) is 0 Å². The third-order valence-corrected chi connectivity index (χ3v) is 3.33. The van der Waals surface area contributed by atoms with Crippen LogP contribution in [-0.2, 0) is 0 Å². The van der Waals surface area contributed by atoms with Crippen molar-refractivity contribution in [3.8, 4) is 0 Å². The minimum atomic E-state index is -0.231. The lowest BCUT2D eigenvalue weighted by Crippen LogP contribution is -2.22. The summed E-state index contributed by atoms with van der Waals surface area (Å²) in [7, 11) is 0. The Kier molecular flexibility index (Phi) is 4.17. The number of nitrogens with two attached hydrogens (primary N) is 1. The minimum Gasteiger partial charge on any atom is -0.377 e. The maximum absolute atomic E-state index is 13.4. The summed E-state index contributed by atoms with van der Waals surface area (Å²) in [5.74, 6) is -0.231. The van der Waals surface area contributed by atoms with Crippen molar-refractivity contribution in [2.24, 2.45) is 5.73 Å². The molecule has 0 saturated carbocycles. The summed E-state index contributed by atoms with van der Waals surface area (Å²) in [4.78, 5) is 0. The Bertz CT molecular complexity index is 566. The van der Waals surface area contributed by atoms with Gasteiger partial charge in [-0.2, -0.15) is 0 Å². The lowest BCUT2D eigenvalue weighted by Gasteiger charge is -2.21. The van der Waals surface area contributed by atoms with Crippen molar-refractivity contribution in [2.75, 3.05) is 11.9 Å². The molecule has 0 aliphatic carbocycles. The predicted molar refractivity (Wildman–Crippen MR) is 77.7 cm³/mol. The Morgan fingerprint density at radius 1 is 1.11 bits per heavy atom. The topological polar surface area (TPSA) is 38.0 Å². The first-order valence-corrected chi connectivity index (χ1v) is 6.40. The number of hydrogen-bond acceptors (Lipinski definition) is 2. The van der Waals surface area contributed by atoms with Crippen LogP contribution in [0.4, 0.5) is 10.1 Å². The molecule has 1 unspecified atom stereocenters. The molecule has 3 N–H and O–H groups in total. The second kappa shape index (κ2) is 5.85. The van der Waals surface area contributed by atoms with Crippen molar-refractivity contribution in [1.82, 2.24) is 0 Å². The molecule has 2 nitrogen and oxygen atoms in total. The number of nitrogens with one attached hydrogen (secondary N) is 1. The molecule has 3 heteroatoms. The monoisotopic (exact) mass is 258 g/mol. The van der Waals surface area contributed by atoms with Crippen LogP contribution in [0.15, 0.2) is 42.5 Å². The Hall–Kier alpha value is -1.87. The lowest BCUT2D eigenvalue weighted by molar-refractivity contribution is 0.621. The van der Waals surface area contributed by atoms with Gasteiger partial charge in [-0.25, -0.2) is 4.39 Å². The van der Waals surface area contributed by atoms with E-state index in [9.17, 15) is 4.39 Å². The molecule has 0 aliphatic rings. The highest BCUT2D eigenvalue weighted by Crippen LogP contribution is 2.24. The van der Waals surface area contributed by atoms with Crippen LogP contribution in [0.1, 0.15) is 22.7 Å². The number of anilines is 1. The van der Waals surface area contributed by atoms with E-state index in [2.05, 4.69) is 5.32 Å². The van der Waals surface area contributed by atoms with Crippen LogP contribution in [0.5, 0.6) is 0 Å². The van der Waals surface area contributed by atoms with Gasteiger partial charge in [-0.05, 0) is 48.7 Å². The van der Waals surface area contributed by atoms with Gasteiger partial charge in [0, 0.05) is 12.2 Å². The highest BCUT2D eigenvalue weighted by molar-refractivity contribution is 5.52. The molecule has 0 aliphatic heterocycles. The zero-order chi connectivity index (χ0) is 13.8. The molecule has 0 fully saturated rings. The molecule has 0 spiro atoms. The first-order valence-electron chi connectivity index (χ1n) is 6.40. The van der Waals surface area contributed by atoms with Crippen LogP contribution in [-0.4, -0.2) is 6.54 Å². The van der Waals surface area contributed by atoms with Gasteiger partial charge in [0.25, 0.3) is 0 Å². The number of aryl methyl sites for hydroxylation is 2. The molecule has 100 valence electrons. The third kappa shape index (κ3) is 3.12. The summed E-state index contributed by atoms with van der Waals surface area (Å²) < 4.78 is 13.4. The Balaban J connectivity index is 2.30. The largest absolute Gasteiger partial charge is 0.377 e. The molecule has 0 amide bonds. The SMILES string of the molecule is Cc1ccccc1NC(CN)c1cc(F)ccc1C. The van der Waals surface area contributed by atoms with E-state index in [4.69, 9.17) is 5.73 Å². The normalized spacial score (nSPS) is 12.2. The van der Waals surface area contributed by atoms with E-state index < -0.39 is 0 Å². The Labute approximate surface area is 113 Å². The van der Waals surface area contributed by atoms with Crippen molar-refractivity contribution in [3.63, 3.8) is 0 Å². The summed E-state index contributed by atoms with van der Waals surface area (Å²) in [6.45, 7) is 4.42. The summed E-state index contributed by atoms with van der Waals surface area (Å²) in [6, 6.07) is 12.7. The van der Waals surface area contributed by atoms with E-state index in [-0.39, 0.29) is 11.9 Å². The zero-order valence-corrected chi connectivity index (χ0v) is 11.3. The van der Waals surface area contributed by atoms with Gasteiger partial charge in [0.15, 0.2) is 0 Å². The van der Waals surface area contributed by atoms with Crippen molar-refractivity contribution in [3.05, 3.63) is 65.0 Å². The van der Waals surface area contributed by atoms with Crippen molar-refractivity contribution in [2.45, 2.75) is 19.9 Å². The van der Waals surface area contributed by atoms with E-state index in [1.165, 1.54) is 6.07 Å². The molecule has 0 saturated heterocycles. The zero-order valence-electron chi connectivity index (χ0n) is 11.3. The maximum Gasteiger partial charge on any atom is 0.123 e. The van der Waals surface area contributed by atoms with E-state index in [0.29, 0.717) is 6.54 Å². The van der Waals surface area contributed by atoms with E-state index in [1.807, 2.05) is 38.1 Å². The smallest absolute Gasteiger partial charge is 0.123 e. The van der Waals surface area contributed by atoms with Crippen molar-refractivity contribution >= 4 is 5.69 Å². The van der Waals surface area contributed by atoms with Gasteiger partial charge in [-0.15, -0.1) is 0 Å². The summed E-state index contributed by atoms with van der Waals surface area (Å²) in [5.41, 5.74) is 9.96. The number of rotatable bonds is 4. The van der Waals surface area contributed by atoms with Crippen LogP contribution in [0.2, 0.25) is 0 Å². The summed E-state index contributed by atoms with van der Waals surface area (Å²) >= 11 is 0. The van der Waals surface area contributed by atoms with Crippen LogP contribution < -0.4 is 11.1 Å². The maximum atomic E-state index is 13.4. The fourth-order valence-corrected chi connectivity index (χ4v) is 2.17. The fourth-order valence-electron chi connectivity index (χ4n) is 2.17. The van der Waals surface area contributed by atoms with Gasteiger partial charge in [-0.1, -0.05) is 24.3 Å². The van der Waals surface area contributed by atoms with E-state index >= 15 is 0 Å². The second-order valence-corrected chi connectivity index (χ2v) is 4.75. The molecule has 0 heterocycles. The molecule has 2 rings (SSSR count). The van der Waals surface area contributed by atoms with E-state index in [0.717, 1.165) is 22.4 Å². The summed E-state index contributed by atoms with van der Waals surface area (Å²) in [6.07, 6.45) is 0. The second-order valence-electron chi connectivity index (χ2n) is 4.75. The lowest BCUT2D eigenvalue weighted by atomic mass is 10.0. The quantitative estimate of drug-likeness (QED) is 0.880. The molecular weight excluding hydrogens is 239 g/mol. The first-order chi connectivity index (χ1) is 9.11. The summed E-state index contributed by atoms with van der Waals surface area (Å²) in [5, 5.41) is 3.39. The number of hydrogen-bond donors (Lipinski definition) is 2. The van der Waals surface area contributed by atoms with Crippen LogP contribution >= 0.6 is 0 Å². The van der Waals surface area contributed by atoms with Crippen molar-refractivity contribution in [1.29, 1.82) is 0 Å². The molecule has 2 aromatic carbocycles. The van der Waals surface area contributed by atoms with Crippen molar-refractivity contribution < 1.29 is 4.39 Å². The van der Waals surface area contributed by atoms with Gasteiger partial charge in [0.05, 0.1) is 6.04 Å². The van der Waals surface area contributed by atoms with Gasteiger partial charge in [0.1, 0.15) is 5.82 Å². The molecule has 0 bridgehead atoms. The van der Waals surface area contributed by atoms with Crippen LogP contribution in [0, 0.1) is 19.7 Å². The molecule has 1 atom stereocenters. The predicted octanol–water partition coefficient (Wildman–Crippen LogP) is 3.55. The third-order valence-electron chi connectivity index (χ3n) is 3.33. The highest BCUT2D eigenvalue weighted by atomic mass is 19.1. The first kappa shape index (κ1) is 13.6. The molecule has 19 heavy (non-hydrogen) atoms. The highest BCUT2D eigenvalue weighted by Gasteiger charge is 2.13. The number of para-hydroxylation sites is 1. The molecule has 0 aromatic heterocycles. The van der Waals surface area contributed by atoms with Gasteiger partial charge >= 0.3 is 0 Å². The Morgan fingerprint density at radius 2 is 1.84 bits per heavy atom. The fraction of sp³-hybridized carbons (Fsp3) is 0.250. The van der Waals surface area contributed by atoms with Crippen LogP contribution in [0.3, 0.4) is 0 Å². The van der Waals surface area contributed by atoms with Gasteiger partial charge < -0.3 is 11.1 Å². The average Bonchev–Trinajstić information content (AvgIpc) is 2.41. The Morgan fingerprint density at radius 3 is 2.53 bits per heavy atom. The average molecular weight is 258 g/mol. The van der Waals surface area contributed by atoms with E-state index in [1.54, 1.807) is 12.1 Å². The molecule has 0 radical (unpaired) electrons. The number of halogens is 1. The molecular formula is C16H19FN2. The van der Waals surface area contributed by atoms with Crippen LogP contribution in [0.25, 0.3) is 0 Å². The van der Waals surface area contributed by atoms with Gasteiger partial charge in [-0.3, -0.25) is 0 Å². The molecule has 2 aromatic rings. The minimum absolute atomic E-state index is 0.0863. The standard InChI is InChI=1S/C16H19FN2/c1-11-7-8-13(17)9-14(11)16(10-18)19-15-6-4-3-5-12(15)2/h3-9,16,19H,10,18H2,1-2H3.